The minimum atomic E-state index is -2.12. The summed E-state index contributed by atoms with van der Waals surface area (Å²) in [4.78, 5) is 26.8. The lowest BCUT2D eigenvalue weighted by Gasteiger charge is -2.37. The molecular formula is C20H20ClFN2O3. The Balaban J connectivity index is 1.67. The quantitative estimate of drug-likeness (QED) is 0.771. The number of nitrogens with zero attached hydrogens (tertiary/aromatic N) is 1. The fourth-order valence-electron chi connectivity index (χ4n) is 3.20. The Kier molecular flexibility index (Phi) is 5.77. The van der Waals surface area contributed by atoms with E-state index in [1.165, 1.54) is 17.0 Å². The van der Waals surface area contributed by atoms with Crippen LogP contribution in [0.25, 0.3) is 0 Å². The number of hydrogen-bond donors (Lipinski definition) is 2. The SMILES string of the molecule is O=C(NCc1cc(F)cc(Cl)c1)[C@]1(O)CCCN(Cc2ccccc2)C1=O. The molecule has 1 saturated heterocycles. The standard InChI is InChI=1S/C20H20ClFN2O3/c21-16-9-15(10-17(22)11-16)12-23-18(25)20(27)7-4-8-24(19(20)26)13-14-5-2-1-3-6-14/h1-3,5-6,9-11,27H,4,7-8,12-13H2,(H,23,25)/t20-/m1/s1. The first-order chi connectivity index (χ1) is 12.9. The maximum atomic E-state index is 13.4. The minimum Gasteiger partial charge on any atom is -0.372 e. The number of carbonyl (C=O) groups is 2. The Bertz CT molecular complexity index is 826. The molecule has 5 nitrogen and oxygen atoms in total. The number of aliphatic hydroxyl groups is 1. The van der Waals surface area contributed by atoms with Gasteiger partial charge in [0.15, 0.2) is 0 Å². The van der Waals surface area contributed by atoms with Gasteiger partial charge < -0.3 is 15.3 Å². The van der Waals surface area contributed by atoms with Gasteiger partial charge in [-0.3, -0.25) is 9.59 Å². The highest BCUT2D eigenvalue weighted by atomic mass is 35.5. The molecule has 2 aromatic rings. The number of likely N-dealkylation sites (tertiary alicyclic amines) is 1. The van der Waals surface area contributed by atoms with E-state index in [1.54, 1.807) is 0 Å². The van der Waals surface area contributed by atoms with E-state index in [-0.39, 0.29) is 18.0 Å². The second-order valence-corrected chi connectivity index (χ2v) is 7.07. The fraction of sp³-hybridized carbons (Fsp3) is 0.300. The largest absolute Gasteiger partial charge is 0.372 e. The molecular weight excluding hydrogens is 371 g/mol. The summed E-state index contributed by atoms with van der Waals surface area (Å²) < 4.78 is 13.4. The van der Waals surface area contributed by atoms with Crippen LogP contribution >= 0.6 is 11.6 Å². The predicted octanol–water partition coefficient (Wildman–Crippen LogP) is 2.65. The van der Waals surface area contributed by atoms with Crippen LogP contribution in [0, 0.1) is 5.82 Å². The van der Waals surface area contributed by atoms with Gasteiger partial charge in [-0.15, -0.1) is 0 Å². The molecule has 142 valence electrons. The van der Waals surface area contributed by atoms with Gasteiger partial charge in [-0.2, -0.15) is 0 Å². The van der Waals surface area contributed by atoms with Gasteiger partial charge in [-0.1, -0.05) is 41.9 Å². The van der Waals surface area contributed by atoms with Gasteiger partial charge >= 0.3 is 0 Å². The highest BCUT2D eigenvalue weighted by molar-refractivity contribution is 6.30. The van der Waals surface area contributed by atoms with Crippen LogP contribution in [0.3, 0.4) is 0 Å². The van der Waals surface area contributed by atoms with Gasteiger partial charge in [0.25, 0.3) is 11.8 Å². The minimum absolute atomic E-state index is 0.0371. The van der Waals surface area contributed by atoms with Gasteiger partial charge in [0.05, 0.1) is 0 Å². The van der Waals surface area contributed by atoms with Crippen molar-refractivity contribution >= 4 is 23.4 Å². The van der Waals surface area contributed by atoms with Crippen LogP contribution in [0.4, 0.5) is 4.39 Å². The number of piperidine rings is 1. The van der Waals surface area contributed by atoms with Gasteiger partial charge in [0.2, 0.25) is 5.60 Å². The molecule has 1 atom stereocenters. The van der Waals surface area contributed by atoms with E-state index < -0.39 is 23.2 Å². The summed E-state index contributed by atoms with van der Waals surface area (Å²) in [5, 5.41) is 13.5. The zero-order valence-corrected chi connectivity index (χ0v) is 15.4. The van der Waals surface area contributed by atoms with Gasteiger partial charge in [-0.25, -0.2) is 4.39 Å². The number of amides is 2. The van der Waals surface area contributed by atoms with Crippen molar-refractivity contribution in [3.05, 3.63) is 70.5 Å². The number of hydrogen-bond acceptors (Lipinski definition) is 3. The van der Waals surface area contributed by atoms with E-state index in [2.05, 4.69) is 5.32 Å². The Labute approximate surface area is 161 Å². The Morgan fingerprint density at radius 1 is 1.22 bits per heavy atom. The number of rotatable bonds is 5. The molecule has 0 aromatic heterocycles. The maximum Gasteiger partial charge on any atom is 0.264 e. The molecule has 1 aliphatic rings. The summed E-state index contributed by atoms with van der Waals surface area (Å²) in [6, 6.07) is 13.3. The lowest BCUT2D eigenvalue weighted by Crippen LogP contribution is -2.60. The molecule has 2 amide bonds. The zero-order valence-electron chi connectivity index (χ0n) is 14.6. The summed E-state index contributed by atoms with van der Waals surface area (Å²) in [6.45, 7) is 0.766. The molecule has 1 fully saturated rings. The highest BCUT2D eigenvalue weighted by Crippen LogP contribution is 2.25. The van der Waals surface area contributed by atoms with E-state index in [9.17, 15) is 19.1 Å². The molecule has 0 bridgehead atoms. The predicted molar refractivity (Wildman–Crippen MR) is 99.3 cm³/mol. The molecule has 2 aromatic carbocycles. The van der Waals surface area contributed by atoms with Crippen molar-refractivity contribution in [1.29, 1.82) is 0 Å². The molecule has 0 radical (unpaired) electrons. The molecule has 1 heterocycles. The Morgan fingerprint density at radius 3 is 2.67 bits per heavy atom. The average molecular weight is 391 g/mol. The van der Waals surface area contributed by atoms with Crippen LogP contribution in [0.2, 0.25) is 5.02 Å². The van der Waals surface area contributed by atoms with Gasteiger partial charge in [0.1, 0.15) is 5.82 Å². The summed E-state index contributed by atoms with van der Waals surface area (Å²) in [6.07, 6.45) is 0.557. The first-order valence-corrected chi connectivity index (χ1v) is 9.05. The van der Waals surface area contributed by atoms with E-state index >= 15 is 0 Å². The number of carbonyl (C=O) groups excluding carboxylic acids is 2. The normalized spacial score (nSPS) is 19.8. The molecule has 1 aliphatic heterocycles. The van der Waals surface area contributed by atoms with Gasteiger partial charge in [-0.05, 0) is 42.2 Å². The molecule has 0 saturated carbocycles. The molecule has 3 rings (SSSR count). The van der Waals surface area contributed by atoms with E-state index in [1.807, 2.05) is 30.3 Å². The Hall–Kier alpha value is -2.44. The Morgan fingerprint density at radius 2 is 1.96 bits per heavy atom. The van der Waals surface area contributed by atoms with Crippen LogP contribution in [0.5, 0.6) is 0 Å². The number of halogens is 2. The number of benzene rings is 2. The van der Waals surface area contributed by atoms with Crippen molar-refractivity contribution in [3.8, 4) is 0 Å². The lowest BCUT2D eigenvalue weighted by atomic mass is 9.90. The number of nitrogens with one attached hydrogen (secondary N) is 1. The molecule has 2 N–H and O–H groups in total. The van der Waals surface area contributed by atoms with Crippen LogP contribution in [-0.4, -0.2) is 34.0 Å². The fourth-order valence-corrected chi connectivity index (χ4v) is 3.45. The summed E-state index contributed by atoms with van der Waals surface area (Å²) >= 11 is 5.80. The topological polar surface area (TPSA) is 69.6 Å². The highest BCUT2D eigenvalue weighted by Gasteiger charge is 2.48. The third-order valence-corrected chi connectivity index (χ3v) is 4.79. The first-order valence-electron chi connectivity index (χ1n) is 8.67. The summed E-state index contributed by atoms with van der Waals surface area (Å²) in [5.74, 6) is -1.92. The third kappa shape index (κ3) is 4.46. The summed E-state index contributed by atoms with van der Waals surface area (Å²) in [7, 11) is 0. The molecule has 0 aliphatic carbocycles. The molecule has 27 heavy (non-hydrogen) atoms. The molecule has 0 unspecified atom stereocenters. The van der Waals surface area contributed by atoms with Crippen molar-refractivity contribution in [2.45, 2.75) is 31.5 Å². The van der Waals surface area contributed by atoms with Crippen molar-refractivity contribution in [1.82, 2.24) is 10.2 Å². The van der Waals surface area contributed by atoms with E-state index in [0.29, 0.717) is 25.1 Å². The van der Waals surface area contributed by atoms with Crippen LogP contribution in [0.15, 0.2) is 48.5 Å². The monoisotopic (exact) mass is 390 g/mol. The third-order valence-electron chi connectivity index (χ3n) is 4.57. The van der Waals surface area contributed by atoms with Crippen LogP contribution in [-0.2, 0) is 22.7 Å². The van der Waals surface area contributed by atoms with Crippen LogP contribution in [0.1, 0.15) is 24.0 Å². The van der Waals surface area contributed by atoms with E-state index in [0.717, 1.165) is 11.6 Å². The van der Waals surface area contributed by atoms with Crippen molar-refractivity contribution in [3.63, 3.8) is 0 Å². The smallest absolute Gasteiger partial charge is 0.264 e. The first kappa shape index (κ1) is 19.3. The van der Waals surface area contributed by atoms with Crippen molar-refractivity contribution in [2.75, 3.05) is 6.54 Å². The second-order valence-electron chi connectivity index (χ2n) is 6.64. The van der Waals surface area contributed by atoms with Crippen molar-refractivity contribution < 1.29 is 19.1 Å². The van der Waals surface area contributed by atoms with E-state index in [4.69, 9.17) is 11.6 Å². The second kappa shape index (κ2) is 8.06. The lowest BCUT2D eigenvalue weighted by molar-refractivity contribution is -0.166. The maximum absolute atomic E-state index is 13.4. The molecule has 0 spiro atoms. The summed E-state index contributed by atoms with van der Waals surface area (Å²) in [5.41, 5.74) is -0.754. The average Bonchev–Trinajstić information content (AvgIpc) is 2.63. The molecule has 7 heteroatoms. The zero-order chi connectivity index (χ0) is 19.4. The van der Waals surface area contributed by atoms with Gasteiger partial charge in [0, 0.05) is 24.7 Å². The van der Waals surface area contributed by atoms with Crippen LogP contribution < -0.4 is 5.32 Å². The van der Waals surface area contributed by atoms with Crippen molar-refractivity contribution in [2.24, 2.45) is 0 Å².